The summed E-state index contributed by atoms with van der Waals surface area (Å²) in [6.07, 6.45) is 20.8. The summed E-state index contributed by atoms with van der Waals surface area (Å²) in [6.45, 7) is 33.7. The van der Waals surface area contributed by atoms with E-state index in [4.69, 9.17) is 0 Å². The molecule has 0 saturated heterocycles. The van der Waals surface area contributed by atoms with Crippen molar-refractivity contribution in [3.8, 4) is 0 Å². The first-order chi connectivity index (χ1) is 15.2. The maximum Gasteiger partial charge on any atom is 3.00 e. The third-order valence-electron chi connectivity index (χ3n) is 6.17. The van der Waals surface area contributed by atoms with Gasteiger partial charge in [-0.1, -0.05) is 158 Å². The minimum absolute atomic E-state index is 0. The van der Waals surface area contributed by atoms with Crippen LogP contribution in [0.2, 0.25) is 0 Å². The Bertz CT molecular complexity index is 220. The average Bonchev–Trinajstić information content (AvgIpc) is 2.83. The molecule has 0 heterocycles. The van der Waals surface area contributed by atoms with Gasteiger partial charge in [0.25, 0.3) is 0 Å². The SMILES string of the molecule is [CH2-]C(CC)CCCC.[CH2-]C(CC)CCCC.[CH2-]C(CC)CCCC.[CH2-]C(CC)CCCC.[Ti+3]. The Morgan fingerprint density at radius 2 is 0.515 bits per heavy atom. The summed E-state index contributed by atoms with van der Waals surface area (Å²) in [7, 11) is 0. The molecular formula is C32H68Ti-. The average molecular weight is 501 g/mol. The molecule has 0 rings (SSSR count). The normalized spacial score (nSPS) is 13.5. The van der Waals surface area contributed by atoms with Gasteiger partial charge in [-0.05, 0) is 0 Å². The van der Waals surface area contributed by atoms with E-state index in [2.05, 4.69) is 83.1 Å². The van der Waals surface area contributed by atoms with Crippen LogP contribution < -0.4 is 0 Å². The van der Waals surface area contributed by atoms with E-state index in [1.54, 1.807) is 0 Å². The van der Waals surface area contributed by atoms with Crippen LogP contribution >= 0.6 is 0 Å². The molecule has 33 heavy (non-hydrogen) atoms. The van der Waals surface area contributed by atoms with Gasteiger partial charge in [0.2, 0.25) is 0 Å². The van der Waals surface area contributed by atoms with Gasteiger partial charge in [-0.15, -0.1) is 0 Å². The van der Waals surface area contributed by atoms with Crippen LogP contribution in [0.5, 0.6) is 0 Å². The Morgan fingerprint density at radius 3 is 0.606 bits per heavy atom. The van der Waals surface area contributed by atoms with E-state index in [-0.39, 0.29) is 21.7 Å². The molecular weight excluding hydrogens is 432 g/mol. The number of hydrogen-bond acceptors (Lipinski definition) is 0. The zero-order valence-corrected chi connectivity index (χ0v) is 26.5. The Balaban J connectivity index is -0.000000105. The fourth-order valence-corrected chi connectivity index (χ4v) is 2.79. The molecule has 0 amide bonds. The van der Waals surface area contributed by atoms with E-state index in [1.165, 1.54) is 103 Å². The van der Waals surface area contributed by atoms with Crippen LogP contribution in [-0.4, -0.2) is 0 Å². The van der Waals surface area contributed by atoms with Gasteiger partial charge in [0.1, 0.15) is 0 Å². The maximum absolute atomic E-state index is 3.99. The number of unbranched alkanes of at least 4 members (excludes halogenated alkanes) is 4. The van der Waals surface area contributed by atoms with E-state index in [9.17, 15) is 0 Å². The van der Waals surface area contributed by atoms with Crippen molar-refractivity contribution in [2.24, 2.45) is 23.7 Å². The first-order valence-corrected chi connectivity index (χ1v) is 14.6. The van der Waals surface area contributed by atoms with Crippen molar-refractivity contribution in [1.29, 1.82) is 0 Å². The monoisotopic (exact) mass is 500 g/mol. The van der Waals surface area contributed by atoms with E-state index in [1.807, 2.05) is 0 Å². The topological polar surface area (TPSA) is 0 Å². The van der Waals surface area contributed by atoms with Crippen molar-refractivity contribution < 1.29 is 21.7 Å². The second-order valence-electron chi connectivity index (χ2n) is 9.67. The Labute approximate surface area is 230 Å². The van der Waals surface area contributed by atoms with E-state index in [0.717, 1.165) is 0 Å². The molecule has 0 aromatic heterocycles. The zero-order chi connectivity index (χ0) is 25.6. The van der Waals surface area contributed by atoms with Crippen LogP contribution in [0.1, 0.15) is 158 Å². The second-order valence-corrected chi connectivity index (χ2v) is 9.67. The van der Waals surface area contributed by atoms with Gasteiger partial charge in [-0.2, -0.15) is 23.7 Å². The molecule has 1 radical (unpaired) electrons. The van der Waals surface area contributed by atoms with Gasteiger partial charge in [0, 0.05) is 0 Å². The summed E-state index contributed by atoms with van der Waals surface area (Å²) < 4.78 is 0. The Hall–Kier alpha value is 0.714. The van der Waals surface area contributed by atoms with E-state index in [0.29, 0.717) is 23.7 Å². The third kappa shape index (κ3) is 50.5. The van der Waals surface area contributed by atoms with Gasteiger partial charge in [0.05, 0.1) is 0 Å². The van der Waals surface area contributed by atoms with E-state index >= 15 is 0 Å². The van der Waals surface area contributed by atoms with Gasteiger partial charge in [-0.25, -0.2) is 0 Å². The van der Waals surface area contributed by atoms with Crippen LogP contribution in [0.3, 0.4) is 0 Å². The molecule has 201 valence electrons. The molecule has 0 saturated carbocycles. The predicted octanol–water partition coefficient (Wildman–Crippen LogP) is 12.1. The van der Waals surface area contributed by atoms with Crippen molar-refractivity contribution in [2.75, 3.05) is 0 Å². The fraction of sp³-hybridized carbons (Fsp3) is 0.875. The summed E-state index contributed by atoms with van der Waals surface area (Å²) >= 11 is 0. The van der Waals surface area contributed by atoms with Crippen molar-refractivity contribution in [3.05, 3.63) is 27.7 Å². The Morgan fingerprint density at radius 1 is 0.364 bits per heavy atom. The molecule has 0 fully saturated rings. The van der Waals surface area contributed by atoms with Crippen molar-refractivity contribution in [1.82, 2.24) is 0 Å². The van der Waals surface area contributed by atoms with Crippen LogP contribution in [0, 0.1) is 51.4 Å². The molecule has 4 unspecified atom stereocenters. The molecule has 4 atom stereocenters. The minimum Gasteiger partial charge on any atom is -0.340 e. The number of hydrogen-bond donors (Lipinski definition) is 0. The summed E-state index contributed by atoms with van der Waals surface area (Å²) in [5.74, 6) is 2.81. The first kappa shape index (κ1) is 43.8. The number of rotatable bonds is 16. The van der Waals surface area contributed by atoms with Crippen LogP contribution in [-0.2, 0) is 21.7 Å². The standard InChI is InChI=1S/4C8H17.Ti/c4*1-4-6-7-8(3)5-2;/h4*8H,3-7H2,1-2H3;/q4*-1;+3. The van der Waals surface area contributed by atoms with Gasteiger partial charge >= 0.3 is 21.7 Å². The van der Waals surface area contributed by atoms with E-state index < -0.39 is 0 Å². The summed E-state index contributed by atoms with van der Waals surface area (Å²) in [4.78, 5) is 0. The molecule has 0 aliphatic rings. The molecule has 0 nitrogen and oxygen atoms in total. The van der Waals surface area contributed by atoms with Crippen molar-refractivity contribution in [2.45, 2.75) is 158 Å². The van der Waals surface area contributed by atoms with Crippen LogP contribution in [0.15, 0.2) is 0 Å². The second kappa shape index (κ2) is 39.9. The zero-order valence-electron chi connectivity index (χ0n) is 25.0. The molecule has 0 aliphatic heterocycles. The largest absolute Gasteiger partial charge is 3.00 e. The van der Waals surface area contributed by atoms with Crippen molar-refractivity contribution in [3.63, 3.8) is 0 Å². The molecule has 0 bridgehead atoms. The summed E-state index contributed by atoms with van der Waals surface area (Å²) in [5.41, 5.74) is 0. The predicted molar refractivity (Wildman–Crippen MR) is 155 cm³/mol. The van der Waals surface area contributed by atoms with Crippen LogP contribution in [0.25, 0.3) is 0 Å². The fourth-order valence-electron chi connectivity index (χ4n) is 2.79. The summed E-state index contributed by atoms with van der Waals surface area (Å²) in [6, 6.07) is 0. The molecule has 0 aromatic rings. The van der Waals surface area contributed by atoms with Gasteiger partial charge in [-0.3, -0.25) is 0 Å². The smallest absolute Gasteiger partial charge is 0.340 e. The Kier molecular flexibility index (Phi) is 52.9. The molecule has 0 spiro atoms. The van der Waals surface area contributed by atoms with Gasteiger partial charge < -0.3 is 27.7 Å². The van der Waals surface area contributed by atoms with Crippen LogP contribution in [0.4, 0.5) is 0 Å². The molecule has 1 heteroatoms. The minimum atomic E-state index is 0. The van der Waals surface area contributed by atoms with Crippen molar-refractivity contribution >= 4 is 0 Å². The quantitative estimate of drug-likeness (QED) is 0.146. The molecule has 0 N–H and O–H groups in total. The first-order valence-electron chi connectivity index (χ1n) is 14.6. The molecule has 0 aliphatic carbocycles. The van der Waals surface area contributed by atoms with Gasteiger partial charge in [0.15, 0.2) is 0 Å². The maximum atomic E-state index is 3.99. The molecule has 0 aromatic carbocycles. The summed E-state index contributed by atoms with van der Waals surface area (Å²) in [5, 5.41) is 0. The third-order valence-corrected chi connectivity index (χ3v) is 6.17.